The lowest BCUT2D eigenvalue weighted by molar-refractivity contribution is 0.0927. The highest BCUT2D eigenvalue weighted by Crippen LogP contribution is 2.23. The van der Waals surface area contributed by atoms with Crippen LogP contribution in [0, 0.1) is 0 Å². The second-order valence-corrected chi connectivity index (χ2v) is 5.58. The van der Waals surface area contributed by atoms with E-state index < -0.39 is 0 Å². The first kappa shape index (κ1) is 13.7. The fourth-order valence-corrected chi connectivity index (χ4v) is 2.92. The number of aromatic nitrogens is 1. The standard InChI is InChI=1S/C14H19N3OS/c1-3-5-11(13-6-4-7-19-13)16-14(18)12-8-10(15)9-17(12)2/h4,6-9,11H,3,5,15H2,1-2H3,(H,16,18). The minimum atomic E-state index is -0.0777. The van der Waals surface area contributed by atoms with Crippen LogP contribution in [-0.4, -0.2) is 10.5 Å². The number of carbonyl (C=O) groups is 1. The molecule has 2 rings (SSSR count). The molecule has 19 heavy (non-hydrogen) atoms. The van der Waals surface area contributed by atoms with Crippen molar-refractivity contribution in [2.45, 2.75) is 25.8 Å². The van der Waals surface area contributed by atoms with Crippen LogP contribution in [0.5, 0.6) is 0 Å². The molecule has 102 valence electrons. The predicted molar refractivity (Wildman–Crippen MR) is 79.3 cm³/mol. The summed E-state index contributed by atoms with van der Waals surface area (Å²) in [5, 5.41) is 5.12. The van der Waals surface area contributed by atoms with Gasteiger partial charge in [-0.3, -0.25) is 4.79 Å². The van der Waals surface area contributed by atoms with Gasteiger partial charge in [0, 0.05) is 18.1 Å². The normalized spacial score (nSPS) is 12.3. The molecule has 0 aliphatic rings. The molecule has 0 saturated carbocycles. The van der Waals surface area contributed by atoms with Crippen molar-refractivity contribution in [1.29, 1.82) is 0 Å². The Labute approximate surface area is 117 Å². The Morgan fingerprint density at radius 3 is 2.89 bits per heavy atom. The Bertz CT molecular complexity index is 545. The van der Waals surface area contributed by atoms with Gasteiger partial charge in [0.1, 0.15) is 5.69 Å². The smallest absolute Gasteiger partial charge is 0.268 e. The second kappa shape index (κ2) is 5.93. The molecule has 2 aromatic heterocycles. The molecule has 0 bridgehead atoms. The molecule has 0 aromatic carbocycles. The zero-order chi connectivity index (χ0) is 13.8. The van der Waals surface area contributed by atoms with Gasteiger partial charge >= 0.3 is 0 Å². The lowest BCUT2D eigenvalue weighted by Crippen LogP contribution is -2.29. The molecule has 0 spiro atoms. The van der Waals surface area contributed by atoms with Crippen molar-refractivity contribution in [2.24, 2.45) is 7.05 Å². The van der Waals surface area contributed by atoms with Crippen LogP contribution < -0.4 is 11.1 Å². The summed E-state index contributed by atoms with van der Waals surface area (Å²) in [5.41, 5.74) is 6.90. The molecule has 1 unspecified atom stereocenters. The van der Waals surface area contributed by atoms with Gasteiger partial charge in [-0.1, -0.05) is 19.4 Å². The van der Waals surface area contributed by atoms with Crippen molar-refractivity contribution in [1.82, 2.24) is 9.88 Å². The number of amides is 1. The molecule has 3 N–H and O–H groups in total. The van der Waals surface area contributed by atoms with Crippen molar-refractivity contribution >= 4 is 22.9 Å². The number of hydrogen-bond acceptors (Lipinski definition) is 3. The summed E-state index contributed by atoms with van der Waals surface area (Å²) < 4.78 is 1.75. The van der Waals surface area contributed by atoms with Crippen LogP contribution in [0.1, 0.15) is 41.2 Å². The number of nitrogens with one attached hydrogen (secondary N) is 1. The quantitative estimate of drug-likeness (QED) is 0.882. The van der Waals surface area contributed by atoms with Crippen LogP contribution in [0.25, 0.3) is 0 Å². The number of nitrogens with zero attached hydrogens (tertiary/aromatic N) is 1. The third kappa shape index (κ3) is 3.17. The highest BCUT2D eigenvalue weighted by Gasteiger charge is 2.17. The van der Waals surface area contributed by atoms with Crippen LogP contribution >= 0.6 is 11.3 Å². The molecule has 0 aliphatic heterocycles. The van der Waals surface area contributed by atoms with Gasteiger partial charge in [-0.05, 0) is 23.9 Å². The number of carbonyl (C=O) groups excluding carboxylic acids is 1. The fraction of sp³-hybridized carbons (Fsp3) is 0.357. The molecular weight excluding hydrogens is 258 g/mol. The second-order valence-electron chi connectivity index (χ2n) is 4.60. The summed E-state index contributed by atoms with van der Waals surface area (Å²) in [6.07, 6.45) is 3.71. The van der Waals surface area contributed by atoms with Gasteiger partial charge in [-0.2, -0.15) is 0 Å². The van der Waals surface area contributed by atoms with E-state index in [1.54, 1.807) is 28.2 Å². The van der Waals surface area contributed by atoms with E-state index in [1.165, 1.54) is 4.88 Å². The first-order chi connectivity index (χ1) is 9.11. The van der Waals surface area contributed by atoms with Crippen molar-refractivity contribution in [2.75, 3.05) is 5.73 Å². The maximum absolute atomic E-state index is 12.3. The molecule has 0 saturated heterocycles. The maximum atomic E-state index is 12.3. The van der Waals surface area contributed by atoms with Crippen LogP contribution in [-0.2, 0) is 7.05 Å². The van der Waals surface area contributed by atoms with Gasteiger partial charge in [-0.25, -0.2) is 0 Å². The Kier molecular flexibility index (Phi) is 4.27. The maximum Gasteiger partial charge on any atom is 0.268 e. The molecule has 1 amide bonds. The number of rotatable bonds is 5. The molecule has 2 heterocycles. The van der Waals surface area contributed by atoms with Crippen molar-refractivity contribution in [3.63, 3.8) is 0 Å². The fourth-order valence-electron chi connectivity index (χ4n) is 2.11. The molecule has 0 radical (unpaired) electrons. The van der Waals surface area contributed by atoms with Crippen LogP contribution in [0.2, 0.25) is 0 Å². The van der Waals surface area contributed by atoms with E-state index in [-0.39, 0.29) is 11.9 Å². The highest BCUT2D eigenvalue weighted by atomic mass is 32.1. The number of aryl methyl sites for hydroxylation is 1. The first-order valence-electron chi connectivity index (χ1n) is 6.38. The Balaban J connectivity index is 2.13. The van der Waals surface area contributed by atoms with Gasteiger partial charge in [0.25, 0.3) is 5.91 Å². The number of nitrogens with two attached hydrogens (primary N) is 1. The molecule has 5 heteroatoms. The first-order valence-corrected chi connectivity index (χ1v) is 7.26. The third-order valence-corrected chi connectivity index (χ3v) is 4.01. The predicted octanol–water partition coefficient (Wildman–Crippen LogP) is 2.94. The summed E-state index contributed by atoms with van der Waals surface area (Å²) >= 11 is 1.67. The van der Waals surface area contributed by atoms with Gasteiger partial charge in [0.05, 0.1) is 11.7 Å². The van der Waals surface area contributed by atoms with E-state index in [0.717, 1.165) is 12.8 Å². The SMILES string of the molecule is CCCC(NC(=O)c1cc(N)cn1C)c1cccs1. The summed E-state index contributed by atoms with van der Waals surface area (Å²) in [5.74, 6) is -0.0777. The minimum Gasteiger partial charge on any atom is -0.397 e. The monoisotopic (exact) mass is 277 g/mol. The molecule has 2 aromatic rings. The van der Waals surface area contributed by atoms with E-state index >= 15 is 0 Å². The van der Waals surface area contributed by atoms with Gasteiger partial charge in [-0.15, -0.1) is 11.3 Å². The molecular formula is C14H19N3OS. The lowest BCUT2D eigenvalue weighted by atomic mass is 10.1. The zero-order valence-corrected chi connectivity index (χ0v) is 12.0. The lowest BCUT2D eigenvalue weighted by Gasteiger charge is -2.16. The zero-order valence-electron chi connectivity index (χ0n) is 11.2. The Morgan fingerprint density at radius 2 is 2.37 bits per heavy atom. The molecule has 4 nitrogen and oxygen atoms in total. The molecule has 0 aliphatic carbocycles. The average molecular weight is 277 g/mol. The molecule has 0 fully saturated rings. The van der Waals surface area contributed by atoms with Crippen LogP contribution in [0.4, 0.5) is 5.69 Å². The minimum absolute atomic E-state index is 0.0774. The van der Waals surface area contributed by atoms with Crippen molar-refractivity contribution in [3.8, 4) is 0 Å². The van der Waals surface area contributed by atoms with Gasteiger partial charge in [0.15, 0.2) is 0 Å². The van der Waals surface area contributed by atoms with Crippen molar-refractivity contribution in [3.05, 3.63) is 40.3 Å². The summed E-state index contributed by atoms with van der Waals surface area (Å²) in [7, 11) is 1.82. The third-order valence-electron chi connectivity index (χ3n) is 3.03. The Morgan fingerprint density at radius 1 is 1.58 bits per heavy atom. The van der Waals surface area contributed by atoms with Crippen LogP contribution in [0.15, 0.2) is 29.8 Å². The highest BCUT2D eigenvalue weighted by molar-refractivity contribution is 7.10. The van der Waals surface area contributed by atoms with E-state index in [4.69, 9.17) is 5.73 Å². The molecule has 1 atom stereocenters. The number of hydrogen-bond donors (Lipinski definition) is 2. The number of nitrogen functional groups attached to an aromatic ring is 1. The van der Waals surface area contributed by atoms with E-state index in [1.807, 2.05) is 18.5 Å². The number of anilines is 1. The number of thiophene rings is 1. The van der Waals surface area contributed by atoms with E-state index in [0.29, 0.717) is 11.4 Å². The van der Waals surface area contributed by atoms with Crippen LogP contribution in [0.3, 0.4) is 0 Å². The van der Waals surface area contributed by atoms with Crippen molar-refractivity contribution < 1.29 is 4.79 Å². The Hall–Kier alpha value is -1.75. The summed E-state index contributed by atoms with van der Waals surface area (Å²) in [6.45, 7) is 2.12. The van der Waals surface area contributed by atoms with Gasteiger partial charge in [0.2, 0.25) is 0 Å². The van der Waals surface area contributed by atoms with E-state index in [2.05, 4.69) is 18.3 Å². The van der Waals surface area contributed by atoms with Gasteiger partial charge < -0.3 is 15.6 Å². The average Bonchev–Trinajstić information content (AvgIpc) is 2.98. The largest absolute Gasteiger partial charge is 0.397 e. The van der Waals surface area contributed by atoms with E-state index in [9.17, 15) is 4.79 Å². The summed E-state index contributed by atoms with van der Waals surface area (Å²) in [4.78, 5) is 13.5. The summed E-state index contributed by atoms with van der Waals surface area (Å²) in [6, 6.07) is 5.85. The topological polar surface area (TPSA) is 60.1 Å².